The molecule has 8 nitrogen and oxygen atoms in total. The van der Waals surface area contributed by atoms with Gasteiger partial charge in [-0.15, -0.1) is 0 Å². The van der Waals surface area contributed by atoms with Crippen molar-refractivity contribution < 1.29 is 87.1 Å². The number of halogens is 3. The average Bonchev–Trinajstić information content (AvgIpc) is 2.71. The normalized spacial score (nSPS) is 7.27. The molecule has 0 fully saturated rings. The molecule has 0 heterocycles. The predicted molar refractivity (Wildman–Crippen MR) is 109 cm³/mol. The van der Waals surface area contributed by atoms with Gasteiger partial charge in [0, 0.05) is 0 Å². The third-order valence-electron chi connectivity index (χ3n) is 1.41. The number of rotatable bonds is 8. The first kappa shape index (κ1) is 47.6. The van der Waals surface area contributed by atoms with E-state index in [1.54, 1.807) is 0 Å². The van der Waals surface area contributed by atoms with Crippen LogP contribution in [0.5, 0.6) is 0 Å². The quantitative estimate of drug-likeness (QED) is 0.303. The van der Waals surface area contributed by atoms with Crippen molar-refractivity contribution in [3.8, 4) is 0 Å². The van der Waals surface area contributed by atoms with Gasteiger partial charge in [-0.3, -0.25) is 0 Å². The molecule has 26 heavy (non-hydrogen) atoms. The first-order chi connectivity index (χ1) is 12.7. The summed E-state index contributed by atoms with van der Waals surface area (Å²) in [6.45, 7) is 3.25. The minimum Gasteiger partial charge on any atom is -0.677 e. The molecule has 0 aromatic heterocycles. The Bertz CT molecular complexity index is 99.7. The molecule has 0 rings (SSSR count). The number of hydrogen-bond donors (Lipinski definition) is 0. The van der Waals surface area contributed by atoms with Gasteiger partial charge in [-0.2, -0.15) is 52.4 Å². The molecule has 0 aliphatic heterocycles. The zero-order chi connectivity index (χ0) is 22.5. The van der Waals surface area contributed by atoms with E-state index in [1.807, 2.05) is 38.7 Å². The average molecular weight is 1260 g/mol. The Morgan fingerprint density at radius 2 is 0.462 bits per heavy atom. The molecule has 0 saturated heterocycles. The second kappa shape index (κ2) is 88.9. The Labute approximate surface area is 226 Å². The molecule has 0 aliphatic rings. The van der Waals surface area contributed by atoms with Gasteiger partial charge in [-0.1, -0.05) is 25.7 Å². The van der Waals surface area contributed by atoms with Crippen LogP contribution in [0.15, 0.2) is 0 Å². The molecule has 0 radical (unpaired) electrons. The maximum atomic E-state index is 6.48. The summed E-state index contributed by atoms with van der Waals surface area (Å²) in [5.41, 5.74) is 51.9. The van der Waals surface area contributed by atoms with Crippen LogP contribution < -0.4 is 38.7 Å². The van der Waals surface area contributed by atoms with Crippen molar-refractivity contribution in [3.63, 3.8) is 0 Å². The van der Waals surface area contributed by atoms with E-state index in [0.29, 0.717) is 52.4 Å². The van der Waals surface area contributed by atoms with Gasteiger partial charge in [-0.25, -0.2) is 0 Å². The molecule has 0 unspecified atom stereocenters. The van der Waals surface area contributed by atoms with Crippen molar-refractivity contribution in [2.45, 2.75) is 25.7 Å². The molecule has 8 N–H and O–H groups in total. The van der Waals surface area contributed by atoms with Crippen molar-refractivity contribution in [1.29, 1.82) is 0 Å². The fourth-order valence-electron chi connectivity index (χ4n) is 0.354. The maximum absolute atomic E-state index is 6.48. The van der Waals surface area contributed by atoms with Crippen LogP contribution in [-0.2, 0) is 48.4 Å². The SMILES string of the molecule is [IH+][Pt].[IH+][Pt].[I][Pt].[NH-]CCC[NH-].[NH-]CCC[NH-].[NH-]CCC[NH-].[NH-]CCC[NH-]. The van der Waals surface area contributed by atoms with E-state index in [4.69, 9.17) is 45.9 Å². The molecular formula is C12H34I3N8Pt3-6. The molecule has 0 aliphatic carbocycles. The van der Waals surface area contributed by atoms with Gasteiger partial charge in [0.2, 0.25) is 0 Å². The van der Waals surface area contributed by atoms with Gasteiger partial charge >= 0.3 is 106 Å². The van der Waals surface area contributed by atoms with E-state index < -0.39 is 0 Å². The van der Waals surface area contributed by atoms with Crippen molar-refractivity contribution in [2.24, 2.45) is 0 Å². The van der Waals surface area contributed by atoms with Crippen LogP contribution in [-0.4, -0.2) is 52.4 Å². The Morgan fingerprint density at radius 3 is 0.462 bits per heavy atom. The van der Waals surface area contributed by atoms with Crippen LogP contribution in [0.1, 0.15) is 25.7 Å². The molecule has 14 heteroatoms. The standard InChI is InChI=1S/4C3H8N2.3HI.3Pt/c4*4-2-1-3-5;;;;;;/h4*4-5H,1-3H2;3*1H;;;/q4*-2;;;;3*+1/p-1. The van der Waals surface area contributed by atoms with Gasteiger partial charge in [0.05, 0.1) is 0 Å². The topological polar surface area (TPSA) is 190 Å². The summed E-state index contributed by atoms with van der Waals surface area (Å²) in [6.07, 6.45) is 2.89. The van der Waals surface area contributed by atoms with Gasteiger partial charge in [-0.05, 0) is 0 Å². The Hall–Kier alpha value is 3.93. The molecule has 0 bridgehead atoms. The largest absolute Gasteiger partial charge is 0.677 e. The molecule has 0 aromatic rings. The third kappa shape index (κ3) is 142. The van der Waals surface area contributed by atoms with E-state index in [9.17, 15) is 0 Å². The van der Waals surface area contributed by atoms with Crippen molar-refractivity contribution in [2.75, 3.05) is 52.4 Å². The maximum Gasteiger partial charge on any atom is -0.0916 e. The second-order valence-corrected chi connectivity index (χ2v) is 3.41. The summed E-state index contributed by atoms with van der Waals surface area (Å²) in [7, 11) is 0. The van der Waals surface area contributed by atoms with Gasteiger partial charge in [0.1, 0.15) is 0 Å². The molecule has 0 aromatic carbocycles. The predicted octanol–water partition coefficient (Wildman–Crippen LogP) is 0.274. The summed E-state index contributed by atoms with van der Waals surface area (Å²) < 4.78 is 0. The Balaban J connectivity index is -0.0000000337. The van der Waals surface area contributed by atoms with Crippen LogP contribution in [0.4, 0.5) is 0 Å². The van der Waals surface area contributed by atoms with Crippen molar-refractivity contribution >= 4 is 19.4 Å². The summed E-state index contributed by atoms with van der Waals surface area (Å²) in [5, 5.41) is 0. The van der Waals surface area contributed by atoms with E-state index in [2.05, 4.69) is 67.8 Å². The third-order valence-corrected chi connectivity index (χ3v) is 1.41. The molecule has 0 atom stereocenters. The fraction of sp³-hybridized carbons (Fsp3) is 1.00. The molecule has 179 valence electrons. The number of nitrogens with one attached hydrogen (secondary N) is 8. The van der Waals surface area contributed by atoms with Crippen LogP contribution in [0, 0.1) is 0 Å². The van der Waals surface area contributed by atoms with Crippen LogP contribution in [0.3, 0.4) is 0 Å². The van der Waals surface area contributed by atoms with Gasteiger partial charge in [0.25, 0.3) is 0 Å². The zero-order valence-corrected chi connectivity index (χ0v) is 28.3. The first-order valence-electron chi connectivity index (χ1n) is 7.21. The summed E-state index contributed by atoms with van der Waals surface area (Å²) in [6, 6.07) is 0. The molecule has 0 saturated carbocycles. The van der Waals surface area contributed by atoms with Crippen LogP contribution in [0.2, 0.25) is 0 Å². The Kier molecular flexibility index (Phi) is 163. The van der Waals surface area contributed by atoms with Gasteiger partial charge < -0.3 is 45.9 Å². The fourth-order valence-corrected chi connectivity index (χ4v) is 0.354. The molecule has 0 amide bonds. The number of hydrogen-bond acceptors (Lipinski definition) is 0. The van der Waals surface area contributed by atoms with Crippen LogP contribution in [0.25, 0.3) is 45.9 Å². The van der Waals surface area contributed by atoms with Gasteiger partial charge in [0.15, 0.2) is 0 Å². The minimum atomic E-state index is 0.406. The van der Waals surface area contributed by atoms with Crippen molar-refractivity contribution in [1.82, 2.24) is 0 Å². The first-order valence-corrected chi connectivity index (χ1v) is 27.6. The van der Waals surface area contributed by atoms with Crippen molar-refractivity contribution in [3.05, 3.63) is 45.9 Å². The molecule has 0 spiro atoms. The van der Waals surface area contributed by atoms with E-state index in [-0.39, 0.29) is 0 Å². The zero-order valence-electron chi connectivity index (χ0n) is 14.6. The minimum absolute atomic E-state index is 0.406. The summed E-state index contributed by atoms with van der Waals surface area (Å²) in [5.74, 6) is 0. The molecular weight excluding hydrogens is 1220 g/mol. The monoisotopic (exact) mass is 1260 g/mol. The van der Waals surface area contributed by atoms with E-state index in [1.165, 1.54) is 0 Å². The summed E-state index contributed by atoms with van der Waals surface area (Å²) >= 11 is 12.4. The second-order valence-electron chi connectivity index (χ2n) is 3.41. The van der Waals surface area contributed by atoms with E-state index >= 15 is 0 Å². The smallest absolute Gasteiger partial charge is 0.0916 e. The van der Waals surface area contributed by atoms with E-state index in [0.717, 1.165) is 25.7 Å². The Morgan fingerprint density at radius 1 is 0.385 bits per heavy atom. The summed E-state index contributed by atoms with van der Waals surface area (Å²) in [4.78, 5) is 0. The van der Waals surface area contributed by atoms with Crippen LogP contribution >= 0.6 is 19.4 Å².